The van der Waals surface area contributed by atoms with Crippen LogP contribution in [0.15, 0.2) is 0 Å². The lowest BCUT2D eigenvalue weighted by molar-refractivity contribution is -0.144. The van der Waals surface area contributed by atoms with Crippen molar-refractivity contribution in [2.45, 2.75) is 169 Å². The molecule has 0 aliphatic rings. The second kappa shape index (κ2) is 24.6. The van der Waals surface area contributed by atoms with E-state index in [1.807, 2.05) is 0 Å². The van der Waals surface area contributed by atoms with E-state index in [0.717, 1.165) is 24.7 Å². The normalized spacial score (nSPS) is 13.4. The van der Waals surface area contributed by atoms with E-state index in [-0.39, 0.29) is 5.97 Å². The number of esters is 1. The molecule has 0 aromatic rings. The lowest BCUT2D eigenvalue weighted by Crippen LogP contribution is -2.09. The molecule has 0 bridgehead atoms. The van der Waals surface area contributed by atoms with E-state index in [1.165, 1.54) is 116 Å². The van der Waals surface area contributed by atoms with Crippen molar-refractivity contribution in [1.82, 2.24) is 0 Å². The summed E-state index contributed by atoms with van der Waals surface area (Å²) in [6, 6.07) is 0. The Balaban J connectivity index is 3.38. The van der Waals surface area contributed by atoms with Crippen LogP contribution in [-0.4, -0.2) is 12.6 Å². The summed E-state index contributed by atoms with van der Waals surface area (Å²) >= 11 is 0. The molecule has 0 heterocycles. The van der Waals surface area contributed by atoms with Gasteiger partial charge in [0.2, 0.25) is 0 Å². The van der Waals surface area contributed by atoms with Crippen molar-refractivity contribution < 1.29 is 9.53 Å². The van der Waals surface area contributed by atoms with Gasteiger partial charge in [-0.05, 0) is 30.6 Å². The first-order valence-electron chi connectivity index (χ1n) is 15.1. The molecule has 0 radical (unpaired) electrons. The number of carbonyl (C=O) groups excluding carboxylic acids is 1. The van der Waals surface area contributed by atoms with Gasteiger partial charge in [0.05, 0.1) is 6.61 Å². The first-order chi connectivity index (χ1) is 16.0. The summed E-state index contributed by atoms with van der Waals surface area (Å²) in [7, 11) is 0. The highest BCUT2D eigenvalue weighted by molar-refractivity contribution is 5.69. The molecule has 33 heavy (non-hydrogen) atoms. The third kappa shape index (κ3) is 25.9. The van der Waals surface area contributed by atoms with Crippen molar-refractivity contribution in [1.29, 1.82) is 0 Å². The van der Waals surface area contributed by atoms with Crippen LogP contribution in [0.2, 0.25) is 0 Å². The van der Waals surface area contributed by atoms with Gasteiger partial charge in [0.15, 0.2) is 0 Å². The summed E-state index contributed by atoms with van der Waals surface area (Å²) in [4.78, 5) is 12.0. The SMILES string of the molecule is CCCCCCCCCCCCCCCC(=O)OCCC(C)CCCC(C)CCCC(C)C. The molecule has 0 spiro atoms. The molecule has 0 rings (SSSR count). The fourth-order valence-electron chi connectivity index (χ4n) is 4.71. The highest BCUT2D eigenvalue weighted by Crippen LogP contribution is 2.20. The van der Waals surface area contributed by atoms with Gasteiger partial charge in [0.1, 0.15) is 0 Å². The average Bonchev–Trinajstić information content (AvgIpc) is 2.76. The molecule has 0 saturated carbocycles. The zero-order chi connectivity index (χ0) is 24.6. The van der Waals surface area contributed by atoms with Crippen LogP contribution in [0.25, 0.3) is 0 Å². The van der Waals surface area contributed by atoms with Gasteiger partial charge in [0, 0.05) is 6.42 Å². The van der Waals surface area contributed by atoms with Gasteiger partial charge < -0.3 is 4.74 Å². The number of rotatable bonds is 25. The van der Waals surface area contributed by atoms with Crippen LogP contribution in [0, 0.1) is 17.8 Å². The minimum atomic E-state index is 0.0176. The average molecular weight is 467 g/mol. The maximum Gasteiger partial charge on any atom is 0.305 e. The van der Waals surface area contributed by atoms with Crippen LogP contribution in [0.4, 0.5) is 0 Å². The van der Waals surface area contributed by atoms with Gasteiger partial charge >= 0.3 is 5.97 Å². The Kier molecular flexibility index (Phi) is 24.2. The first-order valence-corrected chi connectivity index (χ1v) is 15.1. The number of hydrogen-bond acceptors (Lipinski definition) is 2. The second-order valence-corrected chi connectivity index (χ2v) is 11.5. The summed E-state index contributed by atoms with van der Waals surface area (Å²) in [5.74, 6) is 2.37. The Morgan fingerprint density at radius 3 is 1.45 bits per heavy atom. The number of unbranched alkanes of at least 4 members (excludes halogenated alkanes) is 12. The van der Waals surface area contributed by atoms with Crippen LogP contribution in [0.5, 0.6) is 0 Å². The van der Waals surface area contributed by atoms with E-state index < -0.39 is 0 Å². The molecule has 0 fully saturated rings. The minimum absolute atomic E-state index is 0.0176. The fourth-order valence-corrected chi connectivity index (χ4v) is 4.71. The van der Waals surface area contributed by atoms with Crippen LogP contribution in [0.1, 0.15) is 169 Å². The molecular formula is C31H62O2. The van der Waals surface area contributed by atoms with Crippen LogP contribution in [0.3, 0.4) is 0 Å². The molecule has 2 atom stereocenters. The Morgan fingerprint density at radius 1 is 0.545 bits per heavy atom. The topological polar surface area (TPSA) is 26.3 Å². The smallest absolute Gasteiger partial charge is 0.305 e. The van der Waals surface area contributed by atoms with E-state index in [1.54, 1.807) is 0 Å². The monoisotopic (exact) mass is 466 g/mol. The van der Waals surface area contributed by atoms with E-state index in [0.29, 0.717) is 18.9 Å². The second-order valence-electron chi connectivity index (χ2n) is 11.5. The van der Waals surface area contributed by atoms with Crippen molar-refractivity contribution in [2.24, 2.45) is 17.8 Å². The van der Waals surface area contributed by atoms with Crippen LogP contribution >= 0.6 is 0 Å². The van der Waals surface area contributed by atoms with Crippen LogP contribution < -0.4 is 0 Å². The van der Waals surface area contributed by atoms with E-state index in [2.05, 4.69) is 34.6 Å². The van der Waals surface area contributed by atoms with Crippen molar-refractivity contribution in [3.63, 3.8) is 0 Å². The summed E-state index contributed by atoms with van der Waals surface area (Å²) < 4.78 is 5.48. The Labute approximate surface area is 209 Å². The van der Waals surface area contributed by atoms with Crippen molar-refractivity contribution in [3.05, 3.63) is 0 Å². The molecule has 198 valence electrons. The molecule has 0 aliphatic heterocycles. The maximum absolute atomic E-state index is 12.0. The van der Waals surface area contributed by atoms with E-state index in [9.17, 15) is 4.79 Å². The van der Waals surface area contributed by atoms with E-state index >= 15 is 0 Å². The third-order valence-corrected chi connectivity index (χ3v) is 7.23. The molecule has 2 nitrogen and oxygen atoms in total. The zero-order valence-corrected chi connectivity index (χ0v) is 23.6. The lowest BCUT2D eigenvalue weighted by Gasteiger charge is -2.15. The molecule has 2 heteroatoms. The zero-order valence-electron chi connectivity index (χ0n) is 23.6. The van der Waals surface area contributed by atoms with Crippen molar-refractivity contribution >= 4 is 5.97 Å². The van der Waals surface area contributed by atoms with Gasteiger partial charge in [-0.1, -0.05) is 150 Å². The molecule has 0 aromatic carbocycles. The van der Waals surface area contributed by atoms with Gasteiger partial charge in [-0.2, -0.15) is 0 Å². The molecule has 0 amide bonds. The summed E-state index contributed by atoms with van der Waals surface area (Å²) in [6.45, 7) is 12.2. The standard InChI is InChI=1S/C31H62O2/c1-6-7-8-9-10-11-12-13-14-15-16-17-18-25-31(32)33-27-26-30(5)24-20-23-29(4)22-19-21-28(2)3/h28-30H,6-27H2,1-5H3. The Bertz CT molecular complexity index is 404. The lowest BCUT2D eigenvalue weighted by atomic mass is 9.93. The van der Waals surface area contributed by atoms with Gasteiger partial charge in [0.25, 0.3) is 0 Å². The minimum Gasteiger partial charge on any atom is -0.466 e. The summed E-state index contributed by atoms with van der Waals surface area (Å²) in [5.41, 5.74) is 0. The van der Waals surface area contributed by atoms with Crippen molar-refractivity contribution in [2.75, 3.05) is 6.61 Å². The molecule has 0 saturated heterocycles. The maximum atomic E-state index is 12.0. The number of ether oxygens (including phenoxy) is 1. The number of hydrogen-bond donors (Lipinski definition) is 0. The Hall–Kier alpha value is -0.530. The molecular weight excluding hydrogens is 404 g/mol. The van der Waals surface area contributed by atoms with Gasteiger partial charge in [-0.25, -0.2) is 0 Å². The highest BCUT2D eigenvalue weighted by atomic mass is 16.5. The van der Waals surface area contributed by atoms with Gasteiger partial charge in [-0.3, -0.25) is 4.79 Å². The highest BCUT2D eigenvalue weighted by Gasteiger charge is 2.08. The molecule has 2 unspecified atom stereocenters. The van der Waals surface area contributed by atoms with Gasteiger partial charge in [-0.15, -0.1) is 0 Å². The number of carbonyl (C=O) groups is 1. The quantitative estimate of drug-likeness (QED) is 0.0987. The van der Waals surface area contributed by atoms with Crippen molar-refractivity contribution in [3.8, 4) is 0 Å². The van der Waals surface area contributed by atoms with E-state index in [4.69, 9.17) is 4.74 Å². The molecule has 0 aromatic heterocycles. The fraction of sp³-hybridized carbons (Fsp3) is 0.968. The largest absolute Gasteiger partial charge is 0.466 e. The predicted molar refractivity (Wildman–Crippen MR) is 147 cm³/mol. The third-order valence-electron chi connectivity index (χ3n) is 7.23. The summed E-state index contributed by atoms with van der Waals surface area (Å²) in [5, 5.41) is 0. The molecule has 0 N–H and O–H groups in total. The summed E-state index contributed by atoms with van der Waals surface area (Å²) in [6.07, 6.45) is 27.1. The van der Waals surface area contributed by atoms with Crippen LogP contribution in [-0.2, 0) is 9.53 Å². The predicted octanol–water partition coefficient (Wildman–Crippen LogP) is 10.7. The first kappa shape index (κ1) is 32.5. The molecule has 0 aliphatic carbocycles. The Morgan fingerprint density at radius 2 is 0.970 bits per heavy atom.